The van der Waals surface area contributed by atoms with Crippen LogP contribution in [0.15, 0.2) is 30.3 Å². The van der Waals surface area contributed by atoms with Crippen LogP contribution in [-0.4, -0.2) is 29.9 Å². The number of nitrogens with zero attached hydrogens (tertiary/aromatic N) is 1. The number of nitrogens with two attached hydrogens (primary N) is 1. The number of benzene rings is 1. The highest BCUT2D eigenvalue weighted by molar-refractivity contribution is 5.81. The fourth-order valence-electron chi connectivity index (χ4n) is 1.97. The summed E-state index contributed by atoms with van der Waals surface area (Å²) >= 11 is 0. The topological polar surface area (TPSA) is 46.3 Å². The van der Waals surface area contributed by atoms with Crippen molar-refractivity contribution in [2.24, 2.45) is 5.73 Å². The van der Waals surface area contributed by atoms with Crippen molar-refractivity contribution in [1.82, 2.24) is 4.90 Å². The first-order valence-corrected chi connectivity index (χ1v) is 6.70. The van der Waals surface area contributed by atoms with E-state index < -0.39 is 6.04 Å². The largest absolute Gasteiger partial charge is 0.330 e. The van der Waals surface area contributed by atoms with Gasteiger partial charge in [-0.2, -0.15) is 0 Å². The van der Waals surface area contributed by atoms with Gasteiger partial charge in [0.2, 0.25) is 5.91 Å². The molecular formula is C16H22N2O. The molecule has 3 heteroatoms. The Morgan fingerprint density at radius 3 is 2.68 bits per heavy atom. The van der Waals surface area contributed by atoms with Gasteiger partial charge < -0.3 is 10.6 Å². The molecular weight excluding hydrogens is 236 g/mol. The number of hydrogen-bond donors (Lipinski definition) is 1. The van der Waals surface area contributed by atoms with Gasteiger partial charge in [0.15, 0.2) is 0 Å². The summed E-state index contributed by atoms with van der Waals surface area (Å²) in [6, 6.07) is 9.57. The summed E-state index contributed by atoms with van der Waals surface area (Å²) in [7, 11) is 0. The van der Waals surface area contributed by atoms with E-state index in [4.69, 9.17) is 12.2 Å². The van der Waals surface area contributed by atoms with E-state index in [1.807, 2.05) is 37.3 Å². The molecule has 19 heavy (non-hydrogen) atoms. The predicted octanol–water partition coefficient (Wildman–Crippen LogP) is 1.82. The van der Waals surface area contributed by atoms with Gasteiger partial charge in [0.25, 0.3) is 0 Å². The van der Waals surface area contributed by atoms with E-state index >= 15 is 0 Å². The van der Waals surface area contributed by atoms with Gasteiger partial charge in [0.1, 0.15) is 0 Å². The molecule has 0 spiro atoms. The van der Waals surface area contributed by atoms with Gasteiger partial charge in [-0.25, -0.2) is 0 Å². The van der Waals surface area contributed by atoms with E-state index in [-0.39, 0.29) is 5.91 Å². The average molecular weight is 258 g/mol. The van der Waals surface area contributed by atoms with Crippen LogP contribution in [0.3, 0.4) is 0 Å². The van der Waals surface area contributed by atoms with Crippen molar-refractivity contribution in [2.45, 2.75) is 32.2 Å². The first-order chi connectivity index (χ1) is 9.19. The molecule has 0 heterocycles. The summed E-state index contributed by atoms with van der Waals surface area (Å²) in [5, 5.41) is 0. The normalized spacial score (nSPS) is 11.6. The molecule has 0 aliphatic carbocycles. The first kappa shape index (κ1) is 15.3. The van der Waals surface area contributed by atoms with Crippen LogP contribution in [0.2, 0.25) is 0 Å². The number of hydrogen-bond acceptors (Lipinski definition) is 2. The molecule has 1 unspecified atom stereocenters. The summed E-state index contributed by atoms with van der Waals surface area (Å²) < 4.78 is 0. The molecule has 0 saturated heterocycles. The highest BCUT2D eigenvalue weighted by atomic mass is 16.2. The molecule has 1 aromatic carbocycles. The minimum absolute atomic E-state index is 0.0456. The molecule has 0 saturated carbocycles. The Labute approximate surface area is 115 Å². The second kappa shape index (κ2) is 8.34. The maximum Gasteiger partial charge on any atom is 0.240 e. The molecule has 3 nitrogen and oxygen atoms in total. The zero-order chi connectivity index (χ0) is 14.1. The van der Waals surface area contributed by atoms with Crippen molar-refractivity contribution >= 4 is 5.91 Å². The molecule has 1 rings (SSSR count). The van der Waals surface area contributed by atoms with E-state index in [0.29, 0.717) is 19.5 Å². The molecule has 1 aromatic rings. The van der Waals surface area contributed by atoms with Crippen molar-refractivity contribution in [2.75, 3.05) is 13.1 Å². The second-order valence-corrected chi connectivity index (χ2v) is 4.59. The Hall–Kier alpha value is -1.79. The van der Waals surface area contributed by atoms with E-state index in [0.717, 1.165) is 12.8 Å². The van der Waals surface area contributed by atoms with Crippen LogP contribution in [0, 0.1) is 12.3 Å². The van der Waals surface area contributed by atoms with Crippen LogP contribution in [-0.2, 0) is 11.2 Å². The zero-order valence-electron chi connectivity index (χ0n) is 11.5. The van der Waals surface area contributed by atoms with Crippen LogP contribution in [0.5, 0.6) is 0 Å². The average Bonchev–Trinajstić information content (AvgIpc) is 2.45. The third kappa shape index (κ3) is 5.15. The Kier molecular flexibility index (Phi) is 6.70. The van der Waals surface area contributed by atoms with Crippen molar-refractivity contribution in [3.8, 4) is 12.3 Å². The van der Waals surface area contributed by atoms with Gasteiger partial charge in [-0.05, 0) is 24.8 Å². The van der Waals surface area contributed by atoms with Crippen LogP contribution < -0.4 is 5.73 Å². The van der Waals surface area contributed by atoms with Crippen LogP contribution in [0.4, 0.5) is 0 Å². The number of terminal acetylenes is 1. The van der Waals surface area contributed by atoms with E-state index in [1.54, 1.807) is 4.90 Å². The Morgan fingerprint density at radius 2 is 2.11 bits per heavy atom. The van der Waals surface area contributed by atoms with Gasteiger partial charge in [0, 0.05) is 6.54 Å². The fraction of sp³-hybridized carbons (Fsp3) is 0.438. The number of amides is 1. The lowest BCUT2D eigenvalue weighted by atomic mass is 10.0. The van der Waals surface area contributed by atoms with Gasteiger partial charge in [-0.1, -0.05) is 43.2 Å². The molecule has 0 aliphatic rings. The number of carbonyl (C=O) groups is 1. The summed E-state index contributed by atoms with van der Waals surface area (Å²) in [4.78, 5) is 13.8. The predicted molar refractivity (Wildman–Crippen MR) is 78.4 cm³/mol. The lowest BCUT2D eigenvalue weighted by Crippen LogP contribution is -2.44. The quantitative estimate of drug-likeness (QED) is 0.758. The zero-order valence-corrected chi connectivity index (χ0v) is 11.5. The second-order valence-electron chi connectivity index (χ2n) is 4.59. The molecule has 1 amide bonds. The Bertz CT molecular complexity index is 422. The number of rotatable bonds is 7. The van der Waals surface area contributed by atoms with E-state index in [1.165, 1.54) is 5.56 Å². The molecule has 1 atom stereocenters. The summed E-state index contributed by atoms with van der Waals surface area (Å²) in [6.45, 7) is 3.03. The van der Waals surface area contributed by atoms with Crippen molar-refractivity contribution in [1.29, 1.82) is 0 Å². The number of carbonyl (C=O) groups excluding carboxylic acids is 1. The summed E-state index contributed by atoms with van der Waals surface area (Å²) in [6.07, 6.45) is 7.62. The standard InChI is InChI=1S/C16H22N2O/c1-3-12-18(13-4-2)16(19)15(17)11-10-14-8-6-5-7-9-14/h1,5-9,15H,4,10-13,17H2,2H3. The van der Waals surface area contributed by atoms with Gasteiger partial charge >= 0.3 is 0 Å². The van der Waals surface area contributed by atoms with Crippen molar-refractivity contribution < 1.29 is 4.79 Å². The Morgan fingerprint density at radius 1 is 1.42 bits per heavy atom. The molecule has 0 aliphatic heterocycles. The van der Waals surface area contributed by atoms with E-state index in [2.05, 4.69) is 5.92 Å². The SMILES string of the molecule is C#CCN(CCC)C(=O)C(N)CCc1ccccc1. The molecule has 2 N–H and O–H groups in total. The molecule has 0 bridgehead atoms. The Balaban J connectivity index is 2.49. The monoisotopic (exact) mass is 258 g/mol. The minimum atomic E-state index is -0.472. The highest BCUT2D eigenvalue weighted by Gasteiger charge is 2.19. The van der Waals surface area contributed by atoms with E-state index in [9.17, 15) is 4.79 Å². The van der Waals surface area contributed by atoms with Crippen LogP contribution in [0.1, 0.15) is 25.3 Å². The maximum atomic E-state index is 12.1. The fourth-order valence-corrected chi connectivity index (χ4v) is 1.97. The lowest BCUT2D eigenvalue weighted by molar-refractivity contribution is -0.132. The third-order valence-electron chi connectivity index (χ3n) is 2.99. The summed E-state index contributed by atoms with van der Waals surface area (Å²) in [5.74, 6) is 2.47. The molecule has 0 aromatic heterocycles. The lowest BCUT2D eigenvalue weighted by Gasteiger charge is -2.23. The minimum Gasteiger partial charge on any atom is -0.330 e. The van der Waals surface area contributed by atoms with Crippen LogP contribution in [0.25, 0.3) is 0 Å². The molecule has 0 radical (unpaired) electrons. The summed E-state index contributed by atoms with van der Waals surface area (Å²) in [5.41, 5.74) is 7.17. The van der Waals surface area contributed by atoms with Gasteiger partial charge in [-0.15, -0.1) is 6.42 Å². The van der Waals surface area contributed by atoms with Gasteiger partial charge in [-0.3, -0.25) is 4.79 Å². The highest BCUT2D eigenvalue weighted by Crippen LogP contribution is 2.06. The molecule has 0 fully saturated rings. The molecule has 102 valence electrons. The third-order valence-corrected chi connectivity index (χ3v) is 2.99. The number of aryl methyl sites for hydroxylation is 1. The smallest absolute Gasteiger partial charge is 0.240 e. The van der Waals surface area contributed by atoms with Crippen molar-refractivity contribution in [3.63, 3.8) is 0 Å². The van der Waals surface area contributed by atoms with Gasteiger partial charge in [0.05, 0.1) is 12.6 Å². The maximum absolute atomic E-state index is 12.1. The van der Waals surface area contributed by atoms with Crippen molar-refractivity contribution in [3.05, 3.63) is 35.9 Å². The van der Waals surface area contributed by atoms with Crippen LogP contribution >= 0.6 is 0 Å². The first-order valence-electron chi connectivity index (χ1n) is 6.70.